The molecule has 3 unspecified atom stereocenters. The monoisotopic (exact) mass is 353 g/mol. The first kappa shape index (κ1) is 16.3. The summed E-state index contributed by atoms with van der Waals surface area (Å²) in [5.41, 5.74) is 1.39. The number of halogens is 1. The second-order valence-corrected chi connectivity index (χ2v) is 6.38. The quantitative estimate of drug-likeness (QED) is 0.610. The zero-order valence-corrected chi connectivity index (χ0v) is 14.5. The molecule has 1 aromatic carbocycles. The molecule has 21 heavy (non-hydrogen) atoms. The number of benzene rings is 1. The fraction of sp³-hybridized carbons (Fsp3) is 0.562. The highest BCUT2D eigenvalue weighted by atomic mass is 79.9. The van der Waals surface area contributed by atoms with E-state index in [0.717, 1.165) is 23.4 Å². The maximum Gasteiger partial charge on any atom is 0.191 e. The normalized spacial score (nSPS) is 22.8. The summed E-state index contributed by atoms with van der Waals surface area (Å²) in [6.07, 6.45) is 1.16. The first-order valence-corrected chi connectivity index (χ1v) is 8.25. The fourth-order valence-corrected chi connectivity index (χ4v) is 2.69. The molecule has 0 heterocycles. The lowest BCUT2D eigenvalue weighted by Gasteiger charge is -2.17. The van der Waals surface area contributed by atoms with Crippen LogP contribution in [-0.4, -0.2) is 38.3 Å². The van der Waals surface area contributed by atoms with Gasteiger partial charge in [-0.15, -0.1) is 0 Å². The lowest BCUT2D eigenvalue weighted by molar-refractivity contribution is 0.179. The summed E-state index contributed by atoms with van der Waals surface area (Å²) >= 11 is 3.48. The van der Waals surface area contributed by atoms with Crippen LogP contribution in [0.5, 0.6) is 0 Å². The standard InChI is InChI=1S/C16H24BrN3O/c1-4-18-16(19-11(2)10-21-3)20-15-9-14(15)12-5-7-13(17)8-6-12/h5-8,11,14-15H,4,9-10H2,1-3H3,(H2,18,19,20). The highest BCUT2D eigenvalue weighted by molar-refractivity contribution is 9.10. The molecular formula is C16H24BrN3O. The van der Waals surface area contributed by atoms with Gasteiger partial charge in [0.05, 0.1) is 6.61 Å². The summed E-state index contributed by atoms with van der Waals surface area (Å²) in [7, 11) is 1.71. The number of hydrogen-bond acceptors (Lipinski definition) is 2. The Labute approximate surface area is 135 Å². The molecule has 0 aromatic heterocycles. The van der Waals surface area contributed by atoms with Gasteiger partial charge in [-0.1, -0.05) is 28.1 Å². The molecule has 2 N–H and O–H groups in total. The van der Waals surface area contributed by atoms with E-state index in [1.165, 1.54) is 5.56 Å². The maximum atomic E-state index is 5.16. The number of rotatable bonds is 6. The van der Waals surface area contributed by atoms with Crippen LogP contribution in [0.1, 0.15) is 31.7 Å². The molecular weight excluding hydrogens is 330 g/mol. The van der Waals surface area contributed by atoms with Crippen molar-refractivity contribution < 1.29 is 4.74 Å². The molecule has 1 aliphatic carbocycles. The largest absolute Gasteiger partial charge is 0.383 e. The minimum absolute atomic E-state index is 0.248. The van der Waals surface area contributed by atoms with Crippen LogP contribution in [0.4, 0.5) is 0 Å². The molecule has 5 heteroatoms. The van der Waals surface area contributed by atoms with E-state index < -0.39 is 0 Å². The van der Waals surface area contributed by atoms with Crippen LogP contribution in [0.25, 0.3) is 0 Å². The van der Waals surface area contributed by atoms with E-state index in [4.69, 9.17) is 4.74 Å². The Balaban J connectivity index is 1.88. The van der Waals surface area contributed by atoms with Crippen LogP contribution in [0.15, 0.2) is 33.7 Å². The number of ether oxygens (including phenoxy) is 1. The third-order valence-electron chi connectivity index (χ3n) is 3.53. The first-order valence-electron chi connectivity index (χ1n) is 7.46. The summed E-state index contributed by atoms with van der Waals surface area (Å²) in [5, 5.41) is 6.89. The number of methoxy groups -OCH3 is 1. The van der Waals surface area contributed by atoms with E-state index in [1.54, 1.807) is 7.11 Å². The predicted molar refractivity (Wildman–Crippen MR) is 90.9 cm³/mol. The number of guanidine groups is 1. The highest BCUT2D eigenvalue weighted by Gasteiger charge is 2.39. The second kappa shape index (κ2) is 7.80. The van der Waals surface area contributed by atoms with Gasteiger partial charge in [0.15, 0.2) is 5.96 Å². The smallest absolute Gasteiger partial charge is 0.191 e. The van der Waals surface area contributed by atoms with Gasteiger partial charge < -0.3 is 15.4 Å². The highest BCUT2D eigenvalue weighted by Crippen LogP contribution is 2.40. The predicted octanol–water partition coefficient (Wildman–Crippen LogP) is 2.90. The summed E-state index contributed by atoms with van der Waals surface area (Å²) < 4.78 is 6.28. The van der Waals surface area contributed by atoms with E-state index in [1.807, 2.05) is 6.92 Å². The molecule has 1 aromatic rings. The lowest BCUT2D eigenvalue weighted by atomic mass is 10.1. The van der Waals surface area contributed by atoms with Gasteiger partial charge in [0.25, 0.3) is 0 Å². The van der Waals surface area contributed by atoms with E-state index in [9.17, 15) is 0 Å². The summed E-state index contributed by atoms with van der Waals surface area (Å²) in [5.74, 6) is 1.46. The third-order valence-corrected chi connectivity index (χ3v) is 4.06. The van der Waals surface area contributed by atoms with Crippen molar-refractivity contribution in [1.82, 2.24) is 10.6 Å². The first-order chi connectivity index (χ1) is 10.1. The second-order valence-electron chi connectivity index (χ2n) is 5.47. The van der Waals surface area contributed by atoms with Crippen molar-refractivity contribution in [2.24, 2.45) is 4.99 Å². The maximum absolute atomic E-state index is 5.16. The number of aliphatic imine (C=N–C) groups is 1. The molecule has 0 saturated heterocycles. The summed E-state index contributed by atoms with van der Waals surface area (Å²) in [6, 6.07) is 9.30. The molecule has 1 saturated carbocycles. The van der Waals surface area contributed by atoms with E-state index >= 15 is 0 Å². The minimum atomic E-state index is 0.248. The number of nitrogens with one attached hydrogen (secondary N) is 2. The molecule has 0 bridgehead atoms. The van der Waals surface area contributed by atoms with Gasteiger partial charge in [0.2, 0.25) is 0 Å². The minimum Gasteiger partial charge on any atom is -0.383 e. The Hall–Kier alpha value is -1.07. The fourth-order valence-electron chi connectivity index (χ4n) is 2.42. The van der Waals surface area contributed by atoms with Crippen LogP contribution in [0.2, 0.25) is 0 Å². The van der Waals surface area contributed by atoms with E-state index in [-0.39, 0.29) is 6.04 Å². The van der Waals surface area contributed by atoms with Crippen molar-refractivity contribution in [3.05, 3.63) is 34.3 Å². The average Bonchev–Trinajstić information content (AvgIpc) is 3.19. The van der Waals surface area contributed by atoms with Crippen molar-refractivity contribution in [3.63, 3.8) is 0 Å². The number of hydrogen-bond donors (Lipinski definition) is 2. The van der Waals surface area contributed by atoms with Gasteiger partial charge in [-0.25, -0.2) is 0 Å². The van der Waals surface area contributed by atoms with Crippen molar-refractivity contribution in [2.45, 2.75) is 38.3 Å². The Morgan fingerprint density at radius 1 is 1.43 bits per heavy atom. The van der Waals surface area contributed by atoms with Gasteiger partial charge in [-0.2, -0.15) is 0 Å². The zero-order chi connectivity index (χ0) is 15.2. The topological polar surface area (TPSA) is 45.7 Å². The molecule has 1 fully saturated rings. The molecule has 1 aliphatic rings. The van der Waals surface area contributed by atoms with Crippen LogP contribution >= 0.6 is 15.9 Å². The van der Waals surface area contributed by atoms with Crippen LogP contribution in [-0.2, 0) is 4.74 Å². The van der Waals surface area contributed by atoms with Crippen LogP contribution < -0.4 is 10.6 Å². The Morgan fingerprint density at radius 2 is 2.14 bits per heavy atom. The van der Waals surface area contributed by atoms with Crippen molar-refractivity contribution >= 4 is 21.9 Å². The van der Waals surface area contributed by atoms with Gasteiger partial charge >= 0.3 is 0 Å². The molecule has 0 aliphatic heterocycles. The van der Waals surface area contributed by atoms with Gasteiger partial charge in [0, 0.05) is 36.1 Å². The molecule has 0 radical (unpaired) electrons. The Morgan fingerprint density at radius 3 is 2.76 bits per heavy atom. The molecule has 116 valence electrons. The molecule has 2 rings (SSSR count). The molecule has 4 nitrogen and oxygen atoms in total. The molecule has 0 amide bonds. The van der Waals surface area contributed by atoms with Crippen LogP contribution in [0.3, 0.4) is 0 Å². The number of nitrogens with zero attached hydrogens (tertiary/aromatic N) is 1. The van der Waals surface area contributed by atoms with Gasteiger partial charge in [-0.05, 0) is 38.0 Å². The average molecular weight is 354 g/mol. The molecule has 3 atom stereocenters. The van der Waals surface area contributed by atoms with E-state index in [0.29, 0.717) is 18.6 Å². The van der Waals surface area contributed by atoms with Crippen molar-refractivity contribution in [3.8, 4) is 0 Å². The van der Waals surface area contributed by atoms with E-state index in [2.05, 4.69) is 62.7 Å². The third kappa shape index (κ3) is 5.00. The summed E-state index contributed by atoms with van der Waals surface area (Å²) in [6.45, 7) is 5.58. The summed E-state index contributed by atoms with van der Waals surface area (Å²) in [4.78, 5) is 4.50. The van der Waals surface area contributed by atoms with Gasteiger partial charge in [0.1, 0.15) is 0 Å². The van der Waals surface area contributed by atoms with Crippen molar-refractivity contribution in [2.75, 3.05) is 20.3 Å². The SMILES string of the molecule is CCN=C(NC(C)COC)NC1CC1c1ccc(Br)cc1. The van der Waals surface area contributed by atoms with Crippen LogP contribution in [0, 0.1) is 0 Å². The van der Waals surface area contributed by atoms with Crippen molar-refractivity contribution in [1.29, 1.82) is 0 Å². The van der Waals surface area contributed by atoms with Gasteiger partial charge in [-0.3, -0.25) is 4.99 Å². The lowest BCUT2D eigenvalue weighted by Crippen LogP contribution is -2.45. The Bertz CT molecular complexity index is 475. The Kier molecular flexibility index (Phi) is 6.06. The zero-order valence-electron chi connectivity index (χ0n) is 12.9. The molecule has 0 spiro atoms.